The van der Waals surface area contributed by atoms with E-state index in [1.54, 1.807) is 24.3 Å². The number of carbonyl (C=O) groups is 2. The molecular weight excluding hydrogens is 506 g/mol. The minimum Gasteiger partial charge on any atom is -0.507 e. The molecule has 0 aliphatic carbocycles. The molecule has 0 aromatic heterocycles. The van der Waals surface area contributed by atoms with Gasteiger partial charge < -0.3 is 19.3 Å². The summed E-state index contributed by atoms with van der Waals surface area (Å²) in [5, 5.41) is 11.8. The number of aliphatic hydroxyl groups excluding tert-OH is 1. The average molecular weight is 542 g/mol. The highest BCUT2D eigenvalue weighted by molar-refractivity contribution is 6.51. The third-order valence-corrected chi connectivity index (χ3v) is 7.49. The van der Waals surface area contributed by atoms with Crippen LogP contribution in [0, 0.1) is 0 Å². The summed E-state index contributed by atoms with van der Waals surface area (Å²) in [6, 6.07) is 17.6. The molecule has 1 atom stereocenters. The average Bonchev–Trinajstić information content (AvgIpc) is 3.48. The van der Waals surface area contributed by atoms with Crippen LogP contribution in [0.25, 0.3) is 5.76 Å². The fraction of sp³-hybridized carbons (Fsp3) is 0.333. The normalized spacial score (nSPS) is 18.4. The first-order valence-electron chi connectivity index (χ1n) is 13.3. The maximum Gasteiger partial charge on any atom is 0.300 e. The van der Waals surface area contributed by atoms with Crippen LogP contribution in [0.5, 0.6) is 17.2 Å². The Hall–Kier alpha value is -4.26. The van der Waals surface area contributed by atoms with E-state index in [0.717, 1.165) is 11.1 Å². The monoisotopic (exact) mass is 541 g/mol. The number of fused-ring (bicyclic) bond motifs is 1. The molecule has 5 rings (SSSR count). The number of aliphatic hydroxyl groups is 1. The Bertz CT molecular complexity index is 1520. The Kier molecular flexibility index (Phi) is 6.65. The molecule has 3 aromatic rings. The first-order valence-corrected chi connectivity index (χ1v) is 13.3. The Labute approximate surface area is 235 Å². The third kappa shape index (κ3) is 4.70. The third-order valence-electron chi connectivity index (χ3n) is 7.49. The minimum absolute atomic E-state index is 0.00413. The Morgan fingerprint density at radius 2 is 1.48 bits per heavy atom. The molecule has 208 valence electrons. The van der Waals surface area contributed by atoms with Gasteiger partial charge in [-0.05, 0) is 51.8 Å². The highest BCUT2D eigenvalue weighted by Gasteiger charge is 2.47. The summed E-state index contributed by atoms with van der Waals surface area (Å²) >= 11 is 0. The highest BCUT2D eigenvalue weighted by Crippen LogP contribution is 2.46. The summed E-state index contributed by atoms with van der Waals surface area (Å²) in [4.78, 5) is 28.8. The highest BCUT2D eigenvalue weighted by atomic mass is 16.7. The number of nitrogens with zero attached hydrogens (tertiary/aromatic N) is 1. The van der Waals surface area contributed by atoms with Gasteiger partial charge in [0, 0.05) is 11.8 Å². The molecule has 0 saturated carbocycles. The van der Waals surface area contributed by atoms with E-state index in [1.807, 2.05) is 36.4 Å². The molecule has 2 aliphatic heterocycles. The van der Waals surface area contributed by atoms with Crippen molar-refractivity contribution in [3.8, 4) is 17.2 Å². The second kappa shape index (κ2) is 9.73. The van der Waals surface area contributed by atoms with Crippen LogP contribution in [0.2, 0.25) is 0 Å². The van der Waals surface area contributed by atoms with Crippen LogP contribution in [0.1, 0.15) is 69.8 Å². The van der Waals surface area contributed by atoms with Crippen LogP contribution in [0.15, 0.2) is 66.2 Å². The first-order chi connectivity index (χ1) is 18.8. The van der Waals surface area contributed by atoms with Gasteiger partial charge in [0.25, 0.3) is 11.7 Å². The van der Waals surface area contributed by atoms with Crippen LogP contribution in [0.3, 0.4) is 0 Å². The van der Waals surface area contributed by atoms with Gasteiger partial charge in [0.2, 0.25) is 6.79 Å². The molecule has 1 N–H and O–H groups in total. The number of ketones is 1. The van der Waals surface area contributed by atoms with Crippen molar-refractivity contribution in [2.24, 2.45) is 0 Å². The predicted octanol–water partition coefficient (Wildman–Crippen LogP) is 6.65. The molecule has 7 nitrogen and oxygen atoms in total. The predicted molar refractivity (Wildman–Crippen MR) is 154 cm³/mol. The van der Waals surface area contributed by atoms with Crippen molar-refractivity contribution in [1.29, 1.82) is 0 Å². The van der Waals surface area contributed by atoms with Crippen molar-refractivity contribution in [3.63, 3.8) is 0 Å². The van der Waals surface area contributed by atoms with Gasteiger partial charge in [0.05, 0.1) is 24.3 Å². The molecule has 0 spiro atoms. The Morgan fingerprint density at radius 3 is 2.10 bits per heavy atom. The largest absolute Gasteiger partial charge is 0.507 e. The number of ether oxygens (including phenoxy) is 3. The van der Waals surface area contributed by atoms with Crippen molar-refractivity contribution in [2.45, 2.75) is 58.4 Å². The molecule has 0 bridgehead atoms. The molecule has 1 fully saturated rings. The van der Waals surface area contributed by atoms with Gasteiger partial charge >= 0.3 is 0 Å². The lowest BCUT2D eigenvalue weighted by Crippen LogP contribution is -2.29. The topological polar surface area (TPSA) is 85.3 Å². The fourth-order valence-corrected chi connectivity index (χ4v) is 5.12. The standard InChI is InChI=1S/C33H35NO6/c1-32(2,3)20-10-8-19(9-11-20)28-27(29(35)23-16-21(33(4,5)6)12-14-24(23)38-7)30(36)31(37)34(28)22-13-15-25-26(17-22)40-18-39-25/h8-17,28,35H,18H2,1-7H3/b29-27+. The van der Waals surface area contributed by atoms with E-state index in [1.165, 1.54) is 12.0 Å². The number of methoxy groups -OCH3 is 1. The number of rotatable bonds is 4. The molecule has 2 heterocycles. The lowest BCUT2D eigenvalue weighted by Gasteiger charge is -2.27. The Balaban J connectivity index is 1.74. The van der Waals surface area contributed by atoms with Crippen LogP contribution >= 0.6 is 0 Å². The van der Waals surface area contributed by atoms with Gasteiger partial charge in [-0.3, -0.25) is 14.5 Å². The van der Waals surface area contributed by atoms with Crippen LogP contribution in [-0.2, 0) is 20.4 Å². The van der Waals surface area contributed by atoms with Gasteiger partial charge in [-0.2, -0.15) is 0 Å². The maximum atomic E-state index is 13.7. The van der Waals surface area contributed by atoms with Crippen LogP contribution in [0.4, 0.5) is 5.69 Å². The van der Waals surface area contributed by atoms with Gasteiger partial charge in [0.15, 0.2) is 11.5 Å². The van der Waals surface area contributed by atoms with Crippen molar-refractivity contribution >= 4 is 23.1 Å². The number of benzene rings is 3. The second-order valence-corrected chi connectivity index (χ2v) is 12.2. The molecule has 0 radical (unpaired) electrons. The van der Waals surface area contributed by atoms with Crippen LogP contribution < -0.4 is 19.1 Å². The molecule has 3 aromatic carbocycles. The van der Waals surface area contributed by atoms with Gasteiger partial charge in [-0.25, -0.2) is 0 Å². The minimum atomic E-state index is -0.877. The number of carbonyl (C=O) groups excluding carboxylic acids is 2. The van der Waals surface area contributed by atoms with E-state index < -0.39 is 17.7 Å². The molecule has 2 aliphatic rings. The smallest absolute Gasteiger partial charge is 0.300 e. The summed E-state index contributed by atoms with van der Waals surface area (Å²) in [5.41, 5.74) is 3.26. The zero-order valence-electron chi connectivity index (χ0n) is 24.0. The summed E-state index contributed by atoms with van der Waals surface area (Å²) < 4.78 is 16.6. The SMILES string of the molecule is COc1ccc(C(C)(C)C)cc1/C(O)=C1\C(=O)C(=O)N(c2ccc3c(c2)OCO3)C1c1ccc(C(C)(C)C)cc1. The van der Waals surface area contributed by atoms with E-state index in [0.29, 0.717) is 34.1 Å². The quantitative estimate of drug-likeness (QED) is 0.226. The van der Waals surface area contributed by atoms with Gasteiger partial charge in [-0.15, -0.1) is 0 Å². The van der Waals surface area contributed by atoms with E-state index in [2.05, 4.69) is 41.5 Å². The first kappa shape index (κ1) is 27.3. The summed E-state index contributed by atoms with van der Waals surface area (Å²) in [7, 11) is 1.51. The molecule has 1 unspecified atom stereocenters. The maximum absolute atomic E-state index is 13.7. The molecule has 7 heteroatoms. The molecular formula is C33H35NO6. The fourth-order valence-electron chi connectivity index (χ4n) is 5.12. The Morgan fingerprint density at radius 1 is 0.850 bits per heavy atom. The van der Waals surface area contributed by atoms with E-state index in [-0.39, 0.29) is 29.0 Å². The second-order valence-electron chi connectivity index (χ2n) is 12.2. The number of anilines is 1. The lowest BCUT2D eigenvalue weighted by molar-refractivity contribution is -0.132. The van der Waals surface area contributed by atoms with Crippen molar-refractivity contribution in [3.05, 3.63) is 88.5 Å². The van der Waals surface area contributed by atoms with Crippen LogP contribution in [-0.4, -0.2) is 30.7 Å². The zero-order chi connectivity index (χ0) is 29.0. The number of Topliss-reactive ketones (excluding diaryl/α,β-unsaturated/α-hetero) is 1. The number of amides is 1. The van der Waals surface area contributed by atoms with E-state index >= 15 is 0 Å². The van der Waals surface area contributed by atoms with E-state index in [9.17, 15) is 14.7 Å². The summed E-state index contributed by atoms with van der Waals surface area (Å²) in [6.45, 7) is 12.6. The molecule has 1 amide bonds. The lowest BCUT2D eigenvalue weighted by atomic mass is 9.84. The molecule has 40 heavy (non-hydrogen) atoms. The van der Waals surface area contributed by atoms with Crippen molar-refractivity contribution in [2.75, 3.05) is 18.8 Å². The van der Waals surface area contributed by atoms with Gasteiger partial charge in [-0.1, -0.05) is 71.9 Å². The van der Waals surface area contributed by atoms with Crippen molar-refractivity contribution < 1.29 is 28.9 Å². The number of hydrogen-bond donors (Lipinski definition) is 1. The summed E-state index contributed by atoms with van der Waals surface area (Å²) in [6.07, 6.45) is 0. The number of hydrogen-bond acceptors (Lipinski definition) is 6. The molecule has 1 saturated heterocycles. The zero-order valence-corrected chi connectivity index (χ0v) is 24.0. The van der Waals surface area contributed by atoms with E-state index in [4.69, 9.17) is 14.2 Å². The summed E-state index contributed by atoms with van der Waals surface area (Å²) in [5.74, 6) is -0.341. The van der Waals surface area contributed by atoms with Crippen molar-refractivity contribution in [1.82, 2.24) is 0 Å². The van der Waals surface area contributed by atoms with Gasteiger partial charge in [0.1, 0.15) is 11.5 Å².